The summed E-state index contributed by atoms with van der Waals surface area (Å²) in [5.41, 5.74) is 0.717. The molecule has 3 N–H and O–H groups in total. The first-order valence-electron chi connectivity index (χ1n) is 17.6. The van der Waals surface area contributed by atoms with Crippen molar-refractivity contribution in [3.05, 3.63) is 44.0 Å². The first-order chi connectivity index (χ1) is 24.4. The molecule has 13 nitrogen and oxygen atoms in total. The fraction of sp³-hybridized carbons (Fsp3) is 0.618. The molecule has 1 aromatic heterocycles. The molecule has 0 spiro atoms. The Morgan fingerprint density at radius 2 is 1.86 bits per heavy atom. The fourth-order valence-electron chi connectivity index (χ4n) is 7.43. The molecule has 51 heavy (non-hydrogen) atoms. The number of amides is 4. The normalized spacial score (nSPS) is 26.7. The van der Waals surface area contributed by atoms with E-state index in [4.69, 9.17) is 4.74 Å². The number of anilines is 1. The van der Waals surface area contributed by atoms with Gasteiger partial charge >= 0.3 is 6.09 Å². The van der Waals surface area contributed by atoms with E-state index in [1.54, 1.807) is 11.1 Å². The van der Waals surface area contributed by atoms with E-state index in [0.717, 1.165) is 58.1 Å². The number of fused-ring (bicyclic) bond motifs is 1. The minimum atomic E-state index is -3.83. The van der Waals surface area contributed by atoms with Crippen LogP contribution in [0.3, 0.4) is 0 Å². The average Bonchev–Trinajstić information content (AvgIpc) is 3.88. The van der Waals surface area contributed by atoms with Crippen molar-refractivity contribution in [3.63, 3.8) is 0 Å². The summed E-state index contributed by atoms with van der Waals surface area (Å²) in [7, 11) is -3.83. The highest BCUT2D eigenvalue weighted by Crippen LogP contribution is 2.44. The number of carbonyl (C=O) groups excluding carboxylic acids is 4. The Balaban J connectivity index is 1.12. The maximum Gasteiger partial charge on any atom is 0.410 e. The van der Waals surface area contributed by atoms with Gasteiger partial charge in [-0.2, -0.15) is 0 Å². The smallest absolute Gasteiger partial charge is 0.410 e. The van der Waals surface area contributed by atoms with Gasteiger partial charge in [0.05, 0.1) is 18.3 Å². The summed E-state index contributed by atoms with van der Waals surface area (Å²) >= 11 is 5.80. The van der Waals surface area contributed by atoms with Crippen LogP contribution in [0.15, 0.2) is 24.4 Å². The van der Waals surface area contributed by atoms with Crippen LogP contribution in [0, 0.1) is 9.49 Å². The first kappa shape index (κ1) is 37.1. The van der Waals surface area contributed by atoms with Gasteiger partial charge in [-0.05, 0) is 84.2 Å². The number of nitrogens with one attached hydrogen (secondary N) is 3. The van der Waals surface area contributed by atoms with Crippen molar-refractivity contribution in [2.24, 2.45) is 5.92 Å². The maximum atomic E-state index is 14.7. The molecule has 4 fully saturated rings. The summed E-state index contributed by atoms with van der Waals surface area (Å²) in [6.07, 6.45) is 7.40. The van der Waals surface area contributed by atoms with Crippen molar-refractivity contribution in [1.29, 1.82) is 0 Å². The number of aromatic nitrogens is 1. The summed E-state index contributed by atoms with van der Waals surface area (Å²) in [6, 6.07) is 4.25. The third kappa shape index (κ3) is 7.86. The zero-order valence-electron chi connectivity index (χ0n) is 28.2. The number of thiazole rings is 1. The van der Waals surface area contributed by atoms with Gasteiger partial charge in [-0.25, -0.2) is 18.2 Å². The van der Waals surface area contributed by atoms with Gasteiger partial charge in [-0.3, -0.25) is 24.0 Å². The second kappa shape index (κ2) is 14.9. The number of ether oxygens (including phenoxy) is 1. The van der Waals surface area contributed by atoms with E-state index in [9.17, 15) is 27.6 Å². The van der Waals surface area contributed by atoms with Crippen molar-refractivity contribution in [3.8, 4) is 0 Å². The molecule has 0 bridgehead atoms. The van der Waals surface area contributed by atoms with E-state index in [2.05, 4.69) is 42.9 Å². The Bertz CT molecular complexity index is 1820. The number of nitrogens with zero attached hydrogens (tertiary/aromatic N) is 3. The lowest BCUT2D eigenvalue weighted by molar-refractivity contribution is -0.141. The lowest BCUT2D eigenvalue weighted by Crippen LogP contribution is -2.58. The number of halogens is 2. The predicted molar refractivity (Wildman–Crippen MR) is 208 cm³/mol. The second-order valence-corrected chi connectivity index (χ2v) is 20.0. The van der Waals surface area contributed by atoms with Crippen LogP contribution in [0.25, 0.3) is 0 Å². The van der Waals surface area contributed by atoms with Crippen molar-refractivity contribution in [2.75, 3.05) is 11.9 Å². The van der Waals surface area contributed by atoms with E-state index in [0.29, 0.717) is 31.1 Å². The van der Waals surface area contributed by atoms with Gasteiger partial charge in [0.15, 0.2) is 5.13 Å². The largest absolute Gasteiger partial charge is 0.444 e. The van der Waals surface area contributed by atoms with Crippen molar-refractivity contribution in [2.45, 2.75) is 117 Å². The van der Waals surface area contributed by atoms with E-state index in [1.807, 2.05) is 47.7 Å². The van der Waals surface area contributed by atoms with Crippen LogP contribution in [0.2, 0.25) is 0 Å². The topological polar surface area (TPSA) is 167 Å². The van der Waals surface area contributed by atoms with Crippen LogP contribution >= 0.6 is 56.5 Å². The fourth-order valence-corrected chi connectivity index (χ4v) is 11.4. The monoisotopic (exact) mass is 964 g/mol. The number of carbonyl (C=O) groups is 4. The summed E-state index contributed by atoms with van der Waals surface area (Å²) in [6.45, 7) is 2.87. The van der Waals surface area contributed by atoms with Crippen LogP contribution < -0.4 is 15.4 Å². The Labute approximate surface area is 329 Å². The molecule has 2 aliphatic heterocycles. The van der Waals surface area contributed by atoms with Gasteiger partial charge in [0, 0.05) is 31.5 Å². The lowest BCUT2D eigenvalue weighted by Gasteiger charge is -2.34. The quantitative estimate of drug-likeness (QED) is 0.218. The predicted octanol–water partition coefficient (Wildman–Crippen LogP) is 4.46. The van der Waals surface area contributed by atoms with E-state index in [1.165, 1.54) is 16.2 Å². The molecule has 0 radical (unpaired) electrons. The summed E-state index contributed by atoms with van der Waals surface area (Å²) in [4.78, 5) is 64.6. The number of hydrogen-bond acceptors (Lipinski definition) is 10. The second-order valence-electron chi connectivity index (χ2n) is 14.3. The minimum Gasteiger partial charge on any atom is -0.444 e. The highest BCUT2D eigenvalue weighted by Gasteiger charge is 2.62. The summed E-state index contributed by atoms with van der Waals surface area (Å²) in [5, 5.41) is 6.32. The molecule has 1 aromatic carbocycles. The maximum absolute atomic E-state index is 14.7. The average molecular weight is 965 g/mol. The molecule has 17 heteroatoms. The number of rotatable bonds is 11. The first-order valence-corrected chi connectivity index (χ1v) is 22.3. The Kier molecular flexibility index (Phi) is 10.8. The highest BCUT2D eigenvalue weighted by atomic mass is 127. The van der Waals surface area contributed by atoms with Gasteiger partial charge in [0.1, 0.15) is 23.7 Å². The third-order valence-electron chi connectivity index (χ3n) is 10.7. The molecule has 4 amide bonds. The summed E-state index contributed by atoms with van der Waals surface area (Å²) in [5.74, 6) is -1.61. The zero-order valence-corrected chi connectivity index (χ0v) is 34.2. The number of benzene rings is 1. The molecular weight excluding hydrogens is 922 g/mol. The number of sulfonamides is 1. The number of alkyl halides is 1. The third-order valence-corrected chi connectivity index (χ3v) is 16.1. The van der Waals surface area contributed by atoms with Gasteiger partial charge in [0.2, 0.25) is 21.8 Å². The zero-order chi connectivity index (χ0) is 36.1. The molecule has 276 valence electrons. The highest BCUT2D eigenvalue weighted by molar-refractivity contribution is 14.1. The van der Waals surface area contributed by atoms with E-state index < -0.39 is 56.9 Å². The van der Waals surface area contributed by atoms with Gasteiger partial charge in [0.25, 0.3) is 5.91 Å². The molecule has 2 aromatic rings. The number of aryl methyl sites for hydroxylation is 1. The Morgan fingerprint density at radius 3 is 2.51 bits per heavy atom. The molecule has 1 saturated heterocycles. The van der Waals surface area contributed by atoms with E-state index in [-0.39, 0.29) is 35.1 Å². The number of hydrogen-bond donors (Lipinski definition) is 3. The minimum absolute atomic E-state index is 0.00683. The molecule has 3 aliphatic carbocycles. The van der Waals surface area contributed by atoms with Crippen molar-refractivity contribution in [1.82, 2.24) is 24.8 Å². The van der Waals surface area contributed by atoms with Crippen molar-refractivity contribution < 1.29 is 32.3 Å². The van der Waals surface area contributed by atoms with Crippen LogP contribution in [0.5, 0.6) is 0 Å². The van der Waals surface area contributed by atoms with E-state index >= 15 is 0 Å². The molecule has 3 heterocycles. The van der Waals surface area contributed by atoms with Crippen LogP contribution in [0.1, 0.15) is 80.7 Å². The molecule has 0 unspecified atom stereocenters. The Morgan fingerprint density at radius 1 is 1.12 bits per heavy atom. The molecular formula is C34H42I2N6O7S2. The van der Waals surface area contributed by atoms with Gasteiger partial charge in [-0.1, -0.05) is 60.9 Å². The van der Waals surface area contributed by atoms with Crippen LogP contribution in [-0.2, 0) is 48.7 Å². The molecule has 5 aliphatic rings. The SMILES string of the molecule is CCc1cnc(N[C@H](C(=O)N2C[C@H](OC(=O)N3Cc4cccc(I)c4C3)C[C@H]2C(=O)N[C@]2(C(=O)NS(=O)(=O)C3CC3)C[C@H]2I)C2CCCCC2)s1. The molecule has 7 rings (SSSR count). The van der Waals surface area contributed by atoms with Gasteiger partial charge in [-0.15, -0.1) is 11.3 Å². The summed E-state index contributed by atoms with van der Waals surface area (Å²) < 4.78 is 34.2. The Hall–Kier alpha value is -2.26. The van der Waals surface area contributed by atoms with Crippen LogP contribution in [0.4, 0.5) is 9.93 Å². The van der Waals surface area contributed by atoms with Crippen molar-refractivity contribution >= 4 is 95.5 Å². The van der Waals surface area contributed by atoms with Gasteiger partial charge < -0.3 is 20.3 Å². The number of likely N-dealkylation sites (tertiary alicyclic amines) is 1. The molecule has 3 saturated carbocycles. The standard InChI is InChI=1S/C34H42I2N6O7S2/c1-2-22-15-37-32(50-22)38-28(19-7-4-3-5-8-19)30(44)42-17-21(49-33(46)41-16-20-9-6-10-25(35)24(20)18-41)13-26(42)29(43)39-34(14-27(34)36)31(45)40-51(47,48)23-11-12-23/h6,9-10,15,19,21,23,26-28H,2-5,7-8,11-14,16-18H2,1H3,(H,37,38)(H,39,43)(H,40,45)/t21-,26+,27-,28+,34-/m1/s1. The molecule has 5 atom stereocenters. The lowest BCUT2D eigenvalue weighted by atomic mass is 9.83. The van der Waals surface area contributed by atoms with Crippen LogP contribution in [-0.4, -0.2) is 86.5 Å².